The largest absolute Gasteiger partial charge is 0.416 e. The first kappa shape index (κ1) is 25.1. The number of alkyl halides is 3. The molecule has 2 aromatic rings. The third kappa shape index (κ3) is 8.17. The van der Waals surface area contributed by atoms with Crippen molar-refractivity contribution < 1.29 is 18.0 Å². The number of hydrogen-bond acceptors (Lipinski definition) is 4. The van der Waals surface area contributed by atoms with Gasteiger partial charge >= 0.3 is 6.18 Å². The number of thiazole rings is 1. The van der Waals surface area contributed by atoms with E-state index in [0.29, 0.717) is 42.6 Å². The zero-order chi connectivity index (χ0) is 20.6. The number of aromatic nitrogens is 1. The molecular formula is C18H23F3IN5OS. The van der Waals surface area contributed by atoms with Crippen LogP contribution in [-0.2, 0) is 12.6 Å². The molecule has 0 fully saturated rings. The molecule has 0 aliphatic rings. The molecule has 0 spiro atoms. The summed E-state index contributed by atoms with van der Waals surface area (Å²) in [5.74, 6) is 0.391. The summed E-state index contributed by atoms with van der Waals surface area (Å²) in [4.78, 5) is 20.7. The van der Waals surface area contributed by atoms with E-state index in [2.05, 4.69) is 25.9 Å². The number of aliphatic imine (C=N–C) groups is 1. The molecule has 29 heavy (non-hydrogen) atoms. The predicted molar refractivity (Wildman–Crippen MR) is 119 cm³/mol. The quantitative estimate of drug-likeness (QED) is 0.218. The monoisotopic (exact) mass is 541 g/mol. The van der Waals surface area contributed by atoms with E-state index in [1.165, 1.54) is 23.5 Å². The minimum atomic E-state index is -4.32. The van der Waals surface area contributed by atoms with Crippen molar-refractivity contribution in [2.24, 2.45) is 4.99 Å². The van der Waals surface area contributed by atoms with Gasteiger partial charge in [-0.2, -0.15) is 13.2 Å². The van der Waals surface area contributed by atoms with Crippen LogP contribution in [0.5, 0.6) is 0 Å². The fourth-order valence-corrected chi connectivity index (χ4v) is 3.08. The lowest BCUT2D eigenvalue weighted by molar-refractivity contribution is -0.137. The zero-order valence-corrected chi connectivity index (χ0v) is 19.1. The van der Waals surface area contributed by atoms with E-state index in [-0.39, 0.29) is 29.9 Å². The van der Waals surface area contributed by atoms with Crippen LogP contribution in [0.2, 0.25) is 0 Å². The number of rotatable bonds is 7. The fraction of sp³-hybridized carbons (Fsp3) is 0.389. The second kappa shape index (κ2) is 12.0. The van der Waals surface area contributed by atoms with E-state index in [1.807, 2.05) is 0 Å². The van der Waals surface area contributed by atoms with E-state index in [1.54, 1.807) is 19.5 Å². The first-order valence-corrected chi connectivity index (χ1v) is 9.48. The van der Waals surface area contributed by atoms with Crippen LogP contribution in [0, 0.1) is 6.92 Å². The third-order valence-electron chi connectivity index (χ3n) is 3.87. The van der Waals surface area contributed by atoms with Gasteiger partial charge in [0.1, 0.15) is 4.88 Å². The number of nitrogens with zero attached hydrogens (tertiary/aromatic N) is 2. The van der Waals surface area contributed by atoms with Crippen molar-refractivity contribution in [1.29, 1.82) is 0 Å². The Balaban J connectivity index is 0.00000420. The van der Waals surface area contributed by atoms with Crippen LogP contribution in [-0.4, -0.2) is 43.5 Å². The number of nitrogens with one attached hydrogen (secondary N) is 3. The molecule has 6 nitrogen and oxygen atoms in total. The van der Waals surface area contributed by atoms with Crippen LogP contribution >= 0.6 is 35.3 Å². The Bertz CT molecular complexity index is 809. The van der Waals surface area contributed by atoms with Crippen molar-refractivity contribution >= 4 is 47.2 Å². The number of halogens is 4. The summed E-state index contributed by atoms with van der Waals surface area (Å²) in [6.45, 7) is 3.18. The van der Waals surface area contributed by atoms with Gasteiger partial charge in [-0.15, -0.1) is 35.3 Å². The molecular weight excluding hydrogens is 518 g/mol. The minimum Gasteiger partial charge on any atom is -0.356 e. The molecule has 0 saturated heterocycles. The van der Waals surface area contributed by atoms with Crippen molar-refractivity contribution in [2.45, 2.75) is 19.5 Å². The highest BCUT2D eigenvalue weighted by molar-refractivity contribution is 14.0. The summed E-state index contributed by atoms with van der Waals surface area (Å²) in [6.07, 6.45) is -3.77. The van der Waals surface area contributed by atoms with E-state index < -0.39 is 11.7 Å². The lowest BCUT2D eigenvalue weighted by Gasteiger charge is -2.12. The van der Waals surface area contributed by atoms with Crippen LogP contribution in [0.25, 0.3) is 0 Å². The Morgan fingerprint density at radius 2 is 1.72 bits per heavy atom. The Kier molecular flexibility index (Phi) is 10.4. The second-order valence-electron chi connectivity index (χ2n) is 5.89. The normalized spacial score (nSPS) is 11.6. The molecule has 0 aliphatic heterocycles. The van der Waals surface area contributed by atoms with Crippen LogP contribution in [0.1, 0.15) is 26.5 Å². The molecule has 11 heteroatoms. The van der Waals surface area contributed by atoms with Gasteiger partial charge in [0.05, 0.1) is 16.8 Å². The lowest BCUT2D eigenvalue weighted by Crippen LogP contribution is -2.42. The first-order chi connectivity index (χ1) is 13.3. The average Bonchev–Trinajstić information content (AvgIpc) is 3.09. The molecule has 0 radical (unpaired) electrons. The Morgan fingerprint density at radius 1 is 1.10 bits per heavy atom. The number of carbonyl (C=O) groups excluding carboxylic acids is 1. The van der Waals surface area contributed by atoms with E-state index in [0.717, 1.165) is 17.7 Å². The predicted octanol–water partition coefficient (Wildman–Crippen LogP) is 3.23. The number of carbonyl (C=O) groups is 1. The molecule has 160 valence electrons. The number of aryl methyl sites for hydroxylation is 1. The topological polar surface area (TPSA) is 78.4 Å². The van der Waals surface area contributed by atoms with Crippen LogP contribution < -0.4 is 16.0 Å². The summed E-state index contributed by atoms with van der Waals surface area (Å²) in [5, 5.41) is 8.95. The van der Waals surface area contributed by atoms with Crippen molar-refractivity contribution in [3.05, 3.63) is 51.5 Å². The van der Waals surface area contributed by atoms with Gasteiger partial charge in [-0.05, 0) is 31.0 Å². The number of amides is 1. The molecule has 1 aromatic carbocycles. The van der Waals surface area contributed by atoms with Crippen LogP contribution in [0.3, 0.4) is 0 Å². The van der Waals surface area contributed by atoms with E-state index >= 15 is 0 Å². The summed E-state index contributed by atoms with van der Waals surface area (Å²) >= 11 is 1.30. The molecule has 2 rings (SSSR count). The molecule has 0 bridgehead atoms. The standard InChI is InChI=1S/C18H22F3N5OS.HI/c1-12-15(28-11-26-12)16(27)23-9-10-25-17(22-2)24-8-7-13-3-5-14(6-4-13)18(19,20)21;/h3-6,11H,7-10H2,1-2H3,(H,23,27)(H2,22,24,25);1H. The molecule has 0 unspecified atom stereocenters. The van der Waals surface area contributed by atoms with Crippen LogP contribution in [0.15, 0.2) is 34.8 Å². The highest BCUT2D eigenvalue weighted by Gasteiger charge is 2.29. The van der Waals surface area contributed by atoms with Gasteiger partial charge in [-0.3, -0.25) is 9.79 Å². The summed E-state index contributed by atoms with van der Waals surface area (Å²) in [6, 6.07) is 5.10. The SMILES string of the molecule is CN=C(NCCNC(=O)c1scnc1C)NCCc1ccc(C(F)(F)F)cc1.I. The van der Waals surface area contributed by atoms with Crippen molar-refractivity contribution in [3.63, 3.8) is 0 Å². The molecule has 1 heterocycles. The maximum absolute atomic E-state index is 12.6. The first-order valence-electron chi connectivity index (χ1n) is 8.60. The third-order valence-corrected chi connectivity index (χ3v) is 4.79. The molecule has 1 amide bonds. The van der Waals surface area contributed by atoms with E-state index in [4.69, 9.17) is 0 Å². The molecule has 0 atom stereocenters. The van der Waals surface area contributed by atoms with E-state index in [9.17, 15) is 18.0 Å². The lowest BCUT2D eigenvalue weighted by atomic mass is 10.1. The smallest absolute Gasteiger partial charge is 0.356 e. The Labute approximate surface area is 188 Å². The van der Waals surface area contributed by atoms with Gasteiger partial charge < -0.3 is 16.0 Å². The van der Waals surface area contributed by atoms with Gasteiger partial charge in [0.15, 0.2) is 5.96 Å². The number of guanidine groups is 1. The fourth-order valence-electron chi connectivity index (χ4n) is 2.36. The molecule has 0 saturated carbocycles. The maximum atomic E-state index is 12.6. The van der Waals surface area contributed by atoms with Crippen molar-refractivity contribution in [3.8, 4) is 0 Å². The summed E-state index contributed by atoms with van der Waals surface area (Å²) in [7, 11) is 1.62. The van der Waals surface area contributed by atoms with Gasteiger partial charge in [0.2, 0.25) is 0 Å². The Hall–Kier alpha value is -1.89. The zero-order valence-electron chi connectivity index (χ0n) is 16.0. The van der Waals surface area contributed by atoms with Crippen LogP contribution in [0.4, 0.5) is 13.2 Å². The molecule has 3 N–H and O–H groups in total. The number of hydrogen-bond donors (Lipinski definition) is 3. The second-order valence-corrected chi connectivity index (χ2v) is 6.75. The maximum Gasteiger partial charge on any atom is 0.416 e. The van der Waals surface area contributed by atoms with Gasteiger partial charge in [-0.1, -0.05) is 12.1 Å². The summed E-state index contributed by atoms with van der Waals surface area (Å²) in [5.41, 5.74) is 2.47. The highest BCUT2D eigenvalue weighted by Crippen LogP contribution is 2.29. The molecule has 0 aliphatic carbocycles. The summed E-state index contributed by atoms with van der Waals surface area (Å²) < 4.78 is 37.7. The average molecular weight is 541 g/mol. The minimum absolute atomic E-state index is 0. The number of benzene rings is 1. The van der Waals surface area contributed by atoms with Gasteiger partial charge in [0, 0.05) is 26.7 Å². The molecule has 1 aromatic heterocycles. The van der Waals surface area contributed by atoms with Crippen molar-refractivity contribution in [1.82, 2.24) is 20.9 Å². The highest BCUT2D eigenvalue weighted by atomic mass is 127. The Morgan fingerprint density at radius 3 is 2.28 bits per heavy atom. The van der Waals surface area contributed by atoms with Gasteiger partial charge in [0.25, 0.3) is 5.91 Å². The van der Waals surface area contributed by atoms with Gasteiger partial charge in [-0.25, -0.2) is 4.98 Å². The van der Waals surface area contributed by atoms with Crippen molar-refractivity contribution in [2.75, 3.05) is 26.7 Å².